The summed E-state index contributed by atoms with van der Waals surface area (Å²) in [5.41, 5.74) is 0. The number of aliphatic hydroxyl groups is 2. The maximum atomic E-state index is 8.47. The van der Waals surface area contributed by atoms with E-state index in [9.17, 15) is 0 Å². The monoisotopic (exact) mass is 248 g/mol. The van der Waals surface area contributed by atoms with E-state index in [1.807, 2.05) is 0 Å². The first kappa shape index (κ1) is 8.96. The molecule has 0 aliphatic heterocycles. The molecule has 0 amide bonds. The van der Waals surface area contributed by atoms with Gasteiger partial charge in [-0.1, -0.05) is 0 Å². The zero-order valence-corrected chi connectivity index (χ0v) is 7.71. The molecule has 0 rings (SSSR count). The summed E-state index contributed by atoms with van der Waals surface area (Å²) in [6.45, 7) is 0.163. The van der Waals surface area contributed by atoms with Crippen molar-refractivity contribution in [3.63, 3.8) is 0 Å². The summed E-state index contributed by atoms with van der Waals surface area (Å²) in [7, 11) is 0. The van der Waals surface area contributed by atoms with Crippen LogP contribution in [0.3, 0.4) is 0 Å². The van der Waals surface area contributed by atoms with Crippen LogP contribution in [-0.4, -0.2) is 55.5 Å². The normalized spacial score (nSPS) is 18.0. The van der Waals surface area contributed by atoms with E-state index in [-0.39, 0.29) is 22.8 Å². The fourth-order valence-corrected chi connectivity index (χ4v) is 0.596. The maximum absolute atomic E-state index is 8.47. The van der Waals surface area contributed by atoms with Gasteiger partial charge in [-0.05, 0) is 0 Å². The summed E-state index contributed by atoms with van der Waals surface area (Å²) < 4.78 is 0. The van der Waals surface area contributed by atoms with E-state index in [1.54, 1.807) is 0 Å². The first-order valence-corrected chi connectivity index (χ1v) is 4.23. The van der Waals surface area contributed by atoms with E-state index in [4.69, 9.17) is 10.2 Å². The van der Waals surface area contributed by atoms with Crippen molar-refractivity contribution in [1.29, 1.82) is 0 Å². The van der Waals surface area contributed by atoms with Crippen molar-refractivity contribution in [3.8, 4) is 0 Å². The summed E-state index contributed by atoms with van der Waals surface area (Å²) in [4.78, 5) is 0.0833. The third kappa shape index (κ3) is 3.08. The predicted molar refractivity (Wildman–Crippen MR) is 33.2 cm³/mol. The van der Waals surface area contributed by atoms with Crippen LogP contribution in [0.1, 0.15) is 0 Å². The fourth-order valence-electron chi connectivity index (χ4n) is 0.235. The summed E-state index contributed by atoms with van der Waals surface area (Å²) in [5, 5.41) is 16.9. The third-order valence-electron chi connectivity index (χ3n) is 0.775. The SMILES string of the molecule is OC[C@@H]([Se])[C@H]([Se])CO. The van der Waals surface area contributed by atoms with E-state index < -0.39 is 0 Å². The van der Waals surface area contributed by atoms with Crippen LogP contribution in [0.15, 0.2) is 0 Å². The molecule has 0 saturated heterocycles. The Morgan fingerprint density at radius 3 is 1.38 bits per heavy atom. The molecule has 0 unspecified atom stereocenters. The molecule has 2 atom stereocenters. The van der Waals surface area contributed by atoms with Gasteiger partial charge < -0.3 is 0 Å². The summed E-state index contributed by atoms with van der Waals surface area (Å²) >= 11 is 5.47. The van der Waals surface area contributed by atoms with Crippen molar-refractivity contribution in [2.45, 2.75) is 9.63 Å². The molecule has 0 aromatic rings. The Morgan fingerprint density at radius 2 is 1.25 bits per heavy atom. The van der Waals surface area contributed by atoms with Crippen molar-refractivity contribution < 1.29 is 10.2 Å². The Kier molecular flexibility index (Phi) is 5.38. The van der Waals surface area contributed by atoms with Crippen LogP contribution in [0.5, 0.6) is 0 Å². The minimum absolute atomic E-state index is 0.0417. The molecule has 2 N–H and O–H groups in total. The average molecular weight is 246 g/mol. The van der Waals surface area contributed by atoms with Gasteiger partial charge in [-0.2, -0.15) is 0 Å². The zero-order valence-electron chi connectivity index (χ0n) is 4.28. The number of rotatable bonds is 3. The molecule has 0 bridgehead atoms. The van der Waals surface area contributed by atoms with Crippen LogP contribution < -0.4 is 0 Å². The van der Waals surface area contributed by atoms with E-state index >= 15 is 0 Å². The van der Waals surface area contributed by atoms with Crippen molar-refractivity contribution in [1.82, 2.24) is 0 Å². The van der Waals surface area contributed by atoms with Gasteiger partial charge in [0.05, 0.1) is 0 Å². The zero-order chi connectivity index (χ0) is 6.57. The molecular formula is C4H8O2Se2. The molecule has 0 spiro atoms. The molecule has 0 aliphatic rings. The van der Waals surface area contributed by atoms with Crippen LogP contribution in [0.4, 0.5) is 0 Å². The van der Waals surface area contributed by atoms with Crippen molar-refractivity contribution >= 4 is 32.0 Å². The summed E-state index contributed by atoms with van der Waals surface area (Å²) in [6.07, 6.45) is 0. The van der Waals surface area contributed by atoms with E-state index in [1.165, 1.54) is 0 Å². The second-order valence-electron chi connectivity index (χ2n) is 1.44. The topological polar surface area (TPSA) is 40.5 Å². The number of hydrogen-bond acceptors (Lipinski definition) is 2. The second kappa shape index (κ2) is 4.80. The molecule has 8 heavy (non-hydrogen) atoms. The van der Waals surface area contributed by atoms with Gasteiger partial charge in [-0.3, -0.25) is 0 Å². The molecule has 0 fully saturated rings. The van der Waals surface area contributed by atoms with Gasteiger partial charge in [0.15, 0.2) is 0 Å². The van der Waals surface area contributed by atoms with Crippen LogP contribution in [0.2, 0.25) is 9.63 Å². The van der Waals surface area contributed by atoms with Gasteiger partial charge in [0.1, 0.15) is 0 Å². The quantitative estimate of drug-likeness (QED) is 0.619. The Balaban J connectivity index is 3.29. The Hall–Kier alpha value is 0.959. The Morgan fingerprint density at radius 1 is 1.00 bits per heavy atom. The van der Waals surface area contributed by atoms with E-state index in [2.05, 4.69) is 32.0 Å². The summed E-state index contributed by atoms with van der Waals surface area (Å²) in [6, 6.07) is 0. The van der Waals surface area contributed by atoms with E-state index in [0.717, 1.165) is 0 Å². The number of hydrogen-bond donors (Lipinski definition) is 2. The van der Waals surface area contributed by atoms with Crippen LogP contribution >= 0.6 is 0 Å². The molecule has 0 heterocycles. The minimum atomic E-state index is 0.0417. The Labute approximate surface area is 65.3 Å². The van der Waals surface area contributed by atoms with Crippen LogP contribution in [0, 0.1) is 0 Å². The number of aliphatic hydroxyl groups excluding tert-OH is 2. The van der Waals surface area contributed by atoms with Gasteiger partial charge >= 0.3 is 65.1 Å². The first-order valence-electron chi connectivity index (χ1n) is 2.25. The standard InChI is InChI=1S/C4H8O2Se2/c5-1-3(7)4(8)2-6/h3-6H,1-2H2/t3-,4-/m1/s1. The third-order valence-corrected chi connectivity index (χ3v) is 3.65. The first-order chi connectivity index (χ1) is 3.72. The molecule has 0 aromatic carbocycles. The molecule has 2 radical (unpaired) electrons. The molecule has 0 aromatic heterocycles. The predicted octanol–water partition coefficient (Wildman–Crippen LogP) is -1.12. The van der Waals surface area contributed by atoms with E-state index in [0.29, 0.717) is 0 Å². The molecule has 4 heteroatoms. The molecule has 0 aliphatic carbocycles. The molecule has 48 valence electrons. The average Bonchev–Trinajstić information content (AvgIpc) is 1.84. The van der Waals surface area contributed by atoms with Gasteiger partial charge in [0, 0.05) is 0 Å². The van der Waals surface area contributed by atoms with Crippen molar-refractivity contribution in [2.24, 2.45) is 0 Å². The molecule has 0 saturated carbocycles. The second-order valence-corrected chi connectivity index (χ2v) is 3.98. The fraction of sp³-hybridized carbons (Fsp3) is 1.00. The van der Waals surface area contributed by atoms with Crippen molar-refractivity contribution in [3.05, 3.63) is 0 Å². The molecular weight excluding hydrogens is 238 g/mol. The van der Waals surface area contributed by atoms with Crippen LogP contribution in [0.25, 0.3) is 0 Å². The van der Waals surface area contributed by atoms with Crippen LogP contribution in [-0.2, 0) is 0 Å². The summed E-state index contributed by atoms with van der Waals surface area (Å²) in [5.74, 6) is 0. The van der Waals surface area contributed by atoms with Gasteiger partial charge in [-0.25, -0.2) is 0 Å². The van der Waals surface area contributed by atoms with Crippen molar-refractivity contribution in [2.75, 3.05) is 13.2 Å². The Bertz CT molecular complexity index is 52.0. The van der Waals surface area contributed by atoms with Gasteiger partial charge in [0.2, 0.25) is 0 Å². The molecule has 2 nitrogen and oxygen atoms in total. The van der Waals surface area contributed by atoms with Gasteiger partial charge in [0.25, 0.3) is 0 Å². The van der Waals surface area contributed by atoms with Gasteiger partial charge in [-0.15, -0.1) is 0 Å².